The van der Waals surface area contributed by atoms with Crippen molar-refractivity contribution in [2.75, 3.05) is 13.7 Å². The first-order valence-corrected chi connectivity index (χ1v) is 14.2. The quantitative estimate of drug-likeness (QED) is 0.226. The van der Waals surface area contributed by atoms with Crippen LogP contribution < -0.4 is 24.4 Å². The average Bonchev–Trinajstić information content (AvgIpc) is 3.27. The summed E-state index contributed by atoms with van der Waals surface area (Å²) in [5, 5.41) is 1.82. The van der Waals surface area contributed by atoms with Gasteiger partial charge >= 0.3 is 11.9 Å². The van der Waals surface area contributed by atoms with E-state index in [4.69, 9.17) is 19.2 Å². The lowest BCUT2D eigenvalue weighted by molar-refractivity contribution is -0.139. The van der Waals surface area contributed by atoms with Crippen molar-refractivity contribution in [2.24, 2.45) is 4.99 Å². The highest BCUT2D eigenvalue weighted by Gasteiger charge is 2.37. The van der Waals surface area contributed by atoms with E-state index < -0.39 is 18.0 Å². The molecule has 0 aliphatic carbocycles. The molecule has 0 bridgehead atoms. The van der Waals surface area contributed by atoms with E-state index >= 15 is 0 Å². The third-order valence-electron chi connectivity index (χ3n) is 6.76. The fourth-order valence-corrected chi connectivity index (χ4v) is 6.10. The van der Waals surface area contributed by atoms with Crippen molar-refractivity contribution in [1.29, 1.82) is 0 Å². The van der Waals surface area contributed by atoms with Crippen molar-refractivity contribution in [1.82, 2.24) is 4.57 Å². The molecule has 5 rings (SSSR count). The number of rotatable bonds is 8. The van der Waals surface area contributed by atoms with Crippen molar-refractivity contribution in [3.8, 4) is 11.5 Å². The second kappa shape index (κ2) is 11.9. The van der Waals surface area contributed by atoms with Crippen LogP contribution in [0.25, 0.3) is 16.8 Å². The molecule has 0 saturated carbocycles. The number of esters is 2. The summed E-state index contributed by atoms with van der Waals surface area (Å²) >= 11 is 1.26. The smallest absolute Gasteiger partial charge is 0.338 e. The molecule has 1 unspecified atom stereocenters. The van der Waals surface area contributed by atoms with Crippen LogP contribution in [-0.2, 0) is 14.3 Å². The number of thiazole rings is 1. The normalized spacial score (nSPS) is 14.9. The maximum absolute atomic E-state index is 14.1. The molecule has 210 valence electrons. The first-order chi connectivity index (χ1) is 19.9. The lowest BCUT2D eigenvalue weighted by Gasteiger charge is -2.28. The van der Waals surface area contributed by atoms with Crippen LogP contribution in [0.15, 0.2) is 81.7 Å². The van der Waals surface area contributed by atoms with Gasteiger partial charge in [-0.1, -0.05) is 67.1 Å². The van der Waals surface area contributed by atoms with Gasteiger partial charge in [-0.15, -0.1) is 0 Å². The van der Waals surface area contributed by atoms with E-state index in [-0.39, 0.29) is 12.2 Å². The molecule has 0 saturated heterocycles. The van der Waals surface area contributed by atoms with Crippen molar-refractivity contribution >= 4 is 40.1 Å². The SMILES string of the molecule is CCCC1=C(C(=O)OCC)C(c2c(OC)ccc3ccccc23)n2c(sc(=Cc3ccc(OC(C)=O)cc3)c2=O)=N1. The van der Waals surface area contributed by atoms with E-state index in [1.165, 1.54) is 18.3 Å². The Hall–Kier alpha value is -4.50. The molecule has 1 atom stereocenters. The first-order valence-electron chi connectivity index (χ1n) is 13.4. The minimum atomic E-state index is -0.804. The number of nitrogens with zero attached hydrogens (tertiary/aromatic N) is 2. The predicted octanol–water partition coefficient (Wildman–Crippen LogP) is 4.67. The van der Waals surface area contributed by atoms with E-state index in [2.05, 4.69) is 0 Å². The number of benzene rings is 3. The zero-order chi connectivity index (χ0) is 29.1. The van der Waals surface area contributed by atoms with Crippen LogP contribution in [-0.4, -0.2) is 30.2 Å². The van der Waals surface area contributed by atoms with Gasteiger partial charge in [0.1, 0.15) is 17.5 Å². The topological polar surface area (TPSA) is 96.2 Å². The summed E-state index contributed by atoms with van der Waals surface area (Å²) in [4.78, 5) is 44.3. The van der Waals surface area contributed by atoms with E-state index in [0.717, 1.165) is 22.8 Å². The van der Waals surface area contributed by atoms with Gasteiger partial charge in [0, 0.05) is 12.5 Å². The number of allylic oxidation sites excluding steroid dienone is 1. The van der Waals surface area contributed by atoms with Gasteiger partial charge in [0.05, 0.1) is 29.5 Å². The number of hydrogen-bond acceptors (Lipinski definition) is 8. The molecule has 1 aromatic heterocycles. The summed E-state index contributed by atoms with van der Waals surface area (Å²) in [7, 11) is 1.58. The molecule has 9 heteroatoms. The second-order valence-corrected chi connectivity index (χ2v) is 10.5. The summed E-state index contributed by atoms with van der Waals surface area (Å²) in [5.74, 6) is 0.0663. The van der Waals surface area contributed by atoms with Gasteiger partial charge in [-0.3, -0.25) is 14.2 Å². The summed E-state index contributed by atoms with van der Waals surface area (Å²) in [6, 6.07) is 17.7. The van der Waals surface area contributed by atoms with Crippen LogP contribution in [0.5, 0.6) is 11.5 Å². The van der Waals surface area contributed by atoms with E-state index in [9.17, 15) is 14.4 Å². The summed E-state index contributed by atoms with van der Waals surface area (Å²) in [5.41, 5.74) is 2.12. The van der Waals surface area contributed by atoms with Crippen molar-refractivity contribution in [2.45, 2.75) is 39.7 Å². The molecule has 0 fully saturated rings. The molecule has 0 spiro atoms. The zero-order valence-corrected chi connectivity index (χ0v) is 24.1. The van der Waals surface area contributed by atoms with Gasteiger partial charge in [0.25, 0.3) is 5.56 Å². The largest absolute Gasteiger partial charge is 0.496 e. The summed E-state index contributed by atoms with van der Waals surface area (Å²) < 4.78 is 18.5. The second-order valence-electron chi connectivity index (χ2n) is 9.48. The fraction of sp³-hybridized carbons (Fsp3) is 0.250. The molecule has 8 nitrogen and oxygen atoms in total. The van der Waals surface area contributed by atoms with Crippen LogP contribution in [0.3, 0.4) is 0 Å². The molecular formula is C32H30N2O6S. The van der Waals surface area contributed by atoms with E-state index in [0.29, 0.717) is 44.1 Å². The van der Waals surface area contributed by atoms with Crippen LogP contribution in [0, 0.1) is 0 Å². The van der Waals surface area contributed by atoms with Gasteiger partial charge in [0.15, 0.2) is 4.80 Å². The van der Waals surface area contributed by atoms with Gasteiger partial charge in [-0.05, 0) is 54.0 Å². The Morgan fingerprint density at radius 1 is 1.05 bits per heavy atom. The van der Waals surface area contributed by atoms with E-state index in [1.54, 1.807) is 48.9 Å². The van der Waals surface area contributed by atoms with Crippen LogP contribution in [0.1, 0.15) is 50.8 Å². The minimum Gasteiger partial charge on any atom is -0.496 e. The molecule has 41 heavy (non-hydrogen) atoms. The minimum absolute atomic E-state index is 0.189. The average molecular weight is 571 g/mol. The highest BCUT2D eigenvalue weighted by molar-refractivity contribution is 7.07. The Balaban J connectivity index is 1.80. The lowest BCUT2D eigenvalue weighted by Crippen LogP contribution is -2.40. The predicted molar refractivity (Wildman–Crippen MR) is 158 cm³/mol. The third kappa shape index (κ3) is 5.45. The van der Waals surface area contributed by atoms with E-state index in [1.807, 2.05) is 43.3 Å². The van der Waals surface area contributed by atoms with Crippen molar-refractivity contribution in [3.63, 3.8) is 0 Å². The number of hydrogen-bond donors (Lipinski definition) is 0. The molecule has 1 aliphatic rings. The molecule has 2 heterocycles. The molecule has 0 amide bonds. The number of ether oxygens (including phenoxy) is 3. The molecule has 3 aromatic carbocycles. The first kappa shape index (κ1) is 28.0. The van der Waals surface area contributed by atoms with Crippen LogP contribution >= 0.6 is 11.3 Å². The maximum Gasteiger partial charge on any atom is 0.338 e. The highest BCUT2D eigenvalue weighted by Crippen LogP contribution is 2.41. The van der Waals surface area contributed by atoms with Gasteiger partial charge in [0.2, 0.25) is 0 Å². The molecule has 0 N–H and O–H groups in total. The van der Waals surface area contributed by atoms with Crippen LogP contribution in [0.2, 0.25) is 0 Å². The number of fused-ring (bicyclic) bond motifs is 2. The lowest BCUT2D eigenvalue weighted by atomic mass is 9.90. The Morgan fingerprint density at radius 2 is 1.80 bits per heavy atom. The standard InChI is InChI=1S/C32H30N2O6S/c1-5-9-24-28(31(37)39-6-2)29(27-23-11-8-7-10-21(23)14-17-25(27)38-4)34-30(36)26(41-32(34)33-24)18-20-12-15-22(16-13-20)40-19(3)35/h7-8,10-18,29H,5-6,9H2,1-4H3. The van der Waals surface area contributed by atoms with Crippen LogP contribution in [0.4, 0.5) is 0 Å². The molecular weight excluding hydrogens is 540 g/mol. The molecule has 1 aliphatic heterocycles. The summed E-state index contributed by atoms with van der Waals surface area (Å²) in [6.07, 6.45) is 3.07. The number of carbonyl (C=O) groups excluding carboxylic acids is 2. The van der Waals surface area contributed by atoms with Gasteiger partial charge < -0.3 is 14.2 Å². The Kier molecular flexibility index (Phi) is 8.16. The monoisotopic (exact) mass is 570 g/mol. The molecule has 0 radical (unpaired) electrons. The number of aromatic nitrogens is 1. The third-order valence-corrected chi connectivity index (χ3v) is 7.74. The zero-order valence-electron chi connectivity index (χ0n) is 23.3. The summed E-state index contributed by atoms with van der Waals surface area (Å²) in [6.45, 7) is 5.31. The Morgan fingerprint density at radius 3 is 2.49 bits per heavy atom. The van der Waals surface area contributed by atoms with Gasteiger partial charge in [-0.2, -0.15) is 0 Å². The maximum atomic E-state index is 14.1. The highest BCUT2D eigenvalue weighted by atomic mass is 32.1. The van der Waals surface area contributed by atoms with Crippen molar-refractivity contribution < 1.29 is 23.8 Å². The Labute approximate surface area is 240 Å². The Bertz CT molecular complexity index is 1850. The fourth-order valence-electron chi connectivity index (χ4n) is 5.08. The number of carbonyl (C=O) groups is 2. The molecule has 4 aromatic rings. The van der Waals surface area contributed by atoms with Gasteiger partial charge in [-0.25, -0.2) is 9.79 Å². The van der Waals surface area contributed by atoms with Crippen molar-refractivity contribution in [3.05, 3.63) is 103 Å². The number of methoxy groups -OCH3 is 1.